The van der Waals surface area contributed by atoms with E-state index in [0.717, 1.165) is 17.9 Å². The molecule has 1 aliphatic heterocycles. The molecular formula is C16H32N2. The average molecular weight is 252 g/mol. The van der Waals surface area contributed by atoms with Gasteiger partial charge in [-0.05, 0) is 51.1 Å². The lowest BCUT2D eigenvalue weighted by molar-refractivity contribution is 0.134. The highest BCUT2D eigenvalue weighted by Crippen LogP contribution is 2.28. The number of likely N-dealkylation sites (N-methyl/N-ethyl adjacent to an activating group) is 1. The smallest absolute Gasteiger partial charge is 0.0220 e. The molecule has 0 spiro atoms. The third-order valence-corrected chi connectivity index (χ3v) is 5.23. The third-order valence-electron chi connectivity index (χ3n) is 5.23. The van der Waals surface area contributed by atoms with Crippen molar-refractivity contribution >= 4 is 0 Å². The molecule has 0 bridgehead atoms. The molecule has 1 saturated heterocycles. The van der Waals surface area contributed by atoms with Crippen molar-refractivity contribution in [2.45, 2.75) is 64.3 Å². The van der Waals surface area contributed by atoms with Crippen LogP contribution in [0.3, 0.4) is 0 Å². The summed E-state index contributed by atoms with van der Waals surface area (Å²) in [5.74, 6) is 1.90. The SMILES string of the molecule is CCC1CCCN(CC(NC)C2CCCCC2)C1. The zero-order chi connectivity index (χ0) is 12.8. The minimum Gasteiger partial charge on any atom is -0.315 e. The minimum atomic E-state index is 0.737. The van der Waals surface area contributed by atoms with Crippen molar-refractivity contribution < 1.29 is 0 Å². The van der Waals surface area contributed by atoms with Gasteiger partial charge >= 0.3 is 0 Å². The first-order valence-electron chi connectivity index (χ1n) is 8.23. The summed E-state index contributed by atoms with van der Waals surface area (Å²) in [7, 11) is 2.17. The number of hydrogen-bond donors (Lipinski definition) is 1. The monoisotopic (exact) mass is 252 g/mol. The molecule has 2 nitrogen and oxygen atoms in total. The highest BCUT2D eigenvalue weighted by molar-refractivity contribution is 4.83. The normalized spacial score (nSPS) is 29.3. The van der Waals surface area contributed by atoms with E-state index in [1.165, 1.54) is 71.0 Å². The summed E-state index contributed by atoms with van der Waals surface area (Å²) < 4.78 is 0. The van der Waals surface area contributed by atoms with Gasteiger partial charge in [0.1, 0.15) is 0 Å². The van der Waals surface area contributed by atoms with E-state index >= 15 is 0 Å². The Morgan fingerprint density at radius 2 is 1.89 bits per heavy atom. The first-order valence-corrected chi connectivity index (χ1v) is 8.23. The van der Waals surface area contributed by atoms with Crippen LogP contribution in [-0.4, -0.2) is 37.6 Å². The first kappa shape index (κ1) is 14.3. The molecule has 0 aromatic carbocycles. The number of nitrogens with one attached hydrogen (secondary N) is 1. The summed E-state index contributed by atoms with van der Waals surface area (Å²) in [5, 5.41) is 3.61. The van der Waals surface area contributed by atoms with Crippen molar-refractivity contribution in [3.8, 4) is 0 Å². The molecule has 106 valence electrons. The van der Waals surface area contributed by atoms with Crippen molar-refractivity contribution in [2.24, 2.45) is 11.8 Å². The minimum absolute atomic E-state index is 0.737. The van der Waals surface area contributed by atoms with Gasteiger partial charge in [0.2, 0.25) is 0 Å². The largest absolute Gasteiger partial charge is 0.315 e. The van der Waals surface area contributed by atoms with E-state index in [4.69, 9.17) is 0 Å². The maximum atomic E-state index is 3.61. The van der Waals surface area contributed by atoms with E-state index < -0.39 is 0 Å². The highest BCUT2D eigenvalue weighted by Gasteiger charge is 2.26. The lowest BCUT2D eigenvalue weighted by Crippen LogP contribution is -2.47. The molecule has 0 aromatic heterocycles. The van der Waals surface area contributed by atoms with E-state index in [9.17, 15) is 0 Å². The molecule has 1 aliphatic carbocycles. The molecule has 1 N–H and O–H groups in total. The Bertz CT molecular complexity index is 223. The van der Waals surface area contributed by atoms with Crippen LogP contribution in [0.25, 0.3) is 0 Å². The first-order chi connectivity index (χ1) is 8.83. The molecule has 2 heteroatoms. The standard InChI is InChI=1S/C16H32N2/c1-3-14-8-7-11-18(12-14)13-16(17-2)15-9-5-4-6-10-15/h14-17H,3-13H2,1-2H3. The Hall–Kier alpha value is -0.0800. The van der Waals surface area contributed by atoms with E-state index in [-0.39, 0.29) is 0 Å². The molecular weight excluding hydrogens is 220 g/mol. The van der Waals surface area contributed by atoms with Gasteiger partial charge in [-0.15, -0.1) is 0 Å². The molecule has 2 aliphatic rings. The number of piperidine rings is 1. The summed E-state index contributed by atoms with van der Waals surface area (Å²) in [6.07, 6.45) is 11.5. The van der Waals surface area contributed by atoms with Crippen LogP contribution in [0, 0.1) is 11.8 Å². The van der Waals surface area contributed by atoms with Crippen LogP contribution in [0.4, 0.5) is 0 Å². The maximum Gasteiger partial charge on any atom is 0.0220 e. The Morgan fingerprint density at radius 3 is 2.56 bits per heavy atom. The molecule has 1 heterocycles. The van der Waals surface area contributed by atoms with Crippen LogP contribution in [-0.2, 0) is 0 Å². The molecule has 0 radical (unpaired) electrons. The number of hydrogen-bond acceptors (Lipinski definition) is 2. The van der Waals surface area contributed by atoms with Gasteiger partial charge in [-0.3, -0.25) is 0 Å². The molecule has 2 rings (SSSR count). The summed E-state index contributed by atoms with van der Waals surface area (Å²) >= 11 is 0. The zero-order valence-corrected chi connectivity index (χ0v) is 12.5. The molecule has 2 fully saturated rings. The number of rotatable bonds is 5. The van der Waals surface area contributed by atoms with Gasteiger partial charge in [0.05, 0.1) is 0 Å². The second-order valence-corrected chi connectivity index (χ2v) is 6.47. The van der Waals surface area contributed by atoms with Gasteiger partial charge < -0.3 is 10.2 Å². The van der Waals surface area contributed by atoms with Crippen LogP contribution in [0.1, 0.15) is 58.3 Å². The van der Waals surface area contributed by atoms with E-state index in [0.29, 0.717) is 0 Å². The topological polar surface area (TPSA) is 15.3 Å². The molecule has 0 aromatic rings. The van der Waals surface area contributed by atoms with E-state index in [1.807, 2.05) is 0 Å². The summed E-state index contributed by atoms with van der Waals surface area (Å²) in [6, 6.07) is 0.737. The van der Waals surface area contributed by atoms with E-state index in [2.05, 4.69) is 24.2 Å². The van der Waals surface area contributed by atoms with Crippen molar-refractivity contribution in [3.63, 3.8) is 0 Å². The fraction of sp³-hybridized carbons (Fsp3) is 1.00. The van der Waals surface area contributed by atoms with Crippen molar-refractivity contribution in [1.82, 2.24) is 10.2 Å². The van der Waals surface area contributed by atoms with Crippen LogP contribution in [0.2, 0.25) is 0 Å². The lowest BCUT2D eigenvalue weighted by atomic mass is 9.83. The van der Waals surface area contributed by atoms with Crippen molar-refractivity contribution in [2.75, 3.05) is 26.7 Å². The summed E-state index contributed by atoms with van der Waals surface area (Å²) in [4.78, 5) is 2.73. The Kier molecular flexibility index (Phi) is 5.97. The van der Waals surface area contributed by atoms with Gasteiger partial charge in [0.15, 0.2) is 0 Å². The molecule has 2 atom stereocenters. The van der Waals surface area contributed by atoms with Gasteiger partial charge in [-0.2, -0.15) is 0 Å². The predicted molar refractivity (Wildman–Crippen MR) is 78.9 cm³/mol. The molecule has 2 unspecified atom stereocenters. The molecule has 0 amide bonds. The molecule has 18 heavy (non-hydrogen) atoms. The quantitative estimate of drug-likeness (QED) is 0.808. The van der Waals surface area contributed by atoms with Crippen LogP contribution in [0.5, 0.6) is 0 Å². The molecule has 1 saturated carbocycles. The summed E-state index contributed by atoms with van der Waals surface area (Å²) in [5.41, 5.74) is 0. The van der Waals surface area contributed by atoms with Crippen LogP contribution < -0.4 is 5.32 Å². The van der Waals surface area contributed by atoms with Crippen molar-refractivity contribution in [1.29, 1.82) is 0 Å². The number of nitrogens with zero attached hydrogens (tertiary/aromatic N) is 1. The van der Waals surface area contributed by atoms with Crippen molar-refractivity contribution in [3.05, 3.63) is 0 Å². The second-order valence-electron chi connectivity index (χ2n) is 6.47. The Morgan fingerprint density at radius 1 is 1.11 bits per heavy atom. The maximum absolute atomic E-state index is 3.61. The highest BCUT2D eigenvalue weighted by atomic mass is 15.2. The lowest BCUT2D eigenvalue weighted by Gasteiger charge is -2.38. The second kappa shape index (κ2) is 7.49. The van der Waals surface area contributed by atoms with Crippen LogP contribution >= 0.6 is 0 Å². The van der Waals surface area contributed by atoms with Gasteiger partial charge in [0.25, 0.3) is 0 Å². The average Bonchev–Trinajstić information content (AvgIpc) is 2.46. The predicted octanol–water partition coefficient (Wildman–Crippen LogP) is 3.28. The fourth-order valence-corrected chi connectivity index (χ4v) is 3.94. The number of likely N-dealkylation sites (tertiary alicyclic amines) is 1. The van der Waals surface area contributed by atoms with E-state index in [1.54, 1.807) is 0 Å². The van der Waals surface area contributed by atoms with Crippen LogP contribution in [0.15, 0.2) is 0 Å². The Labute approximate surface area is 114 Å². The van der Waals surface area contributed by atoms with Gasteiger partial charge in [-0.1, -0.05) is 32.6 Å². The van der Waals surface area contributed by atoms with Gasteiger partial charge in [-0.25, -0.2) is 0 Å². The van der Waals surface area contributed by atoms with Gasteiger partial charge in [0, 0.05) is 19.1 Å². The summed E-state index contributed by atoms with van der Waals surface area (Å²) in [6.45, 7) is 6.32. The fourth-order valence-electron chi connectivity index (χ4n) is 3.94. The zero-order valence-electron chi connectivity index (χ0n) is 12.5. The third kappa shape index (κ3) is 3.96. The Balaban J connectivity index is 1.81.